The van der Waals surface area contributed by atoms with Crippen LogP contribution in [0.25, 0.3) is 0 Å². The molecular formula is C12H14BrFN2O3. The molecule has 1 rings (SSSR count). The zero-order valence-electron chi connectivity index (χ0n) is 10.2. The van der Waals surface area contributed by atoms with Gasteiger partial charge in [-0.25, -0.2) is 14.0 Å². The van der Waals surface area contributed by atoms with E-state index in [2.05, 4.69) is 26.6 Å². The largest absolute Gasteiger partial charge is 0.480 e. The molecule has 1 atom stereocenters. The Morgan fingerprint density at radius 3 is 2.74 bits per heavy atom. The maximum absolute atomic E-state index is 13.0. The number of hydrogen-bond acceptors (Lipinski definition) is 2. The first kappa shape index (κ1) is 15.4. The van der Waals surface area contributed by atoms with Crippen LogP contribution in [-0.4, -0.2) is 23.1 Å². The molecule has 0 bridgehead atoms. The predicted octanol–water partition coefficient (Wildman–Crippen LogP) is 2.96. The Balaban J connectivity index is 2.68. The molecule has 0 aliphatic carbocycles. The Morgan fingerprint density at radius 2 is 2.16 bits per heavy atom. The fraction of sp³-hybridized carbons (Fsp3) is 0.333. The van der Waals surface area contributed by atoms with Gasteiger partial charge in [0.05, 0.1) is 5.69 Å². The van der Waals surface area contributed by atoms with Gasteiger partial charge >= 0.3 is 12.0 Å². The minimum atomic E-state index is -1.10. The summed E-state index contributed by atoms with van der Waals surface area (Å²) in [6.07, 6.45) is 0.952. The second kappa shape index (κ2) is 7.08. The van der Waals surface area contributed by atoms with Gasteiger partial charge < -0.3 is 15.7 Å². The van der Waals surface area contributed by atoms with Gasteiger partial charge in [-0.15, -0.1) is 0 Å². The highest BCUT2D eigenvalue weighted by molar-refractivity contribution is 9.10. The second-order valence-electron chi connectivity index (χ2n) is 3.90. The van der Waals surface area contributed by atoms with Crippen LogP contribution >= 0.6 is 15.9 Å². The molecule has 1 aromatic carbocycles. The lowest BCUT2D eigenvalue weighted by Gasteiger charge is -2.14. The Bertz CT molecular complexity index is 482. The average molecular weight is 333 g/mol. The van der Waals surface area contributed by atoms with Crippen LogP contribution in [-0.2, 0) is 4.79 Å². The van der Waals surface area contributed by atoms with Crippen LogP contribution < -0.4 is 10.6 Å². The molecule has 104 valence electrons. The highest BCUT2D eigenvalue weighted by atomic mass is 79.9. The molecule has 0 heterocycles. The van der Waals surface area contributed by atoms with Crippen LogP contribution in [0.2, 0.25) is 0 Å². The van der Waals surface area contributed by atoms with Crippen molar-refractivity contribution in [1.82, 2.24) is 5.32 Å². The molecule has 0 spiro atoms. The lowest BCUT2D eigenvalue weighted by Crippen LogP contribution is -2.42. The van der Waals surface area contributed by atoms with E-state index in [0.717, 1.165) is 6.07 Å². The first-order valence-electron chi connectivity index (χ1n) is 5.69. The third-order valence-corrected chi connectivity index (χ3v) is 3.05. The number of benzene rings is 1. The molecule has 2 amide bonds. The van der Waals surface area contributed by atoms with Crippen molar-refractivity contribution in [2.75, 3.05) is 5.32 Å². The van der Waals surface area contributed by atoms with E-state index >= 15 is 0 Å². The minimum absolute atomic E-state index is 0.234. The fourth-order valence-corrected chi connectivity index (χ4v) is 1.80. The van der Waals surface area contributed by atoms with E-state index in [0.29, 0.717) is 17.3 Å². The Kier molecular flexibility index (Phi) is 5.75. The van der Waals surface area contributed by atoms with Crippen LogP contribution in [0.1, 0.15) is 19.8 Å². The van der Waals surface area contributed by atoms with E-state index < -0.39 is 23.9 Å². The Morgan fingerprint density at radius 1 is 1.47 bits per heavy atom. The van der Waals surface area contributed by atoms with Gasteiger partial charge in [0.15, 0.2) is 0 Å². The first-order chi connectivity index (χ1) is 8.93. The smallest absolute Gasteiger partial charge is 0.326 e. The molecule has 0 aliphatic rings. The molecule has 7 heteroatoms. The summed E-state index contributed by atoms with van der Waals surface area (Å²) in [5.41, 5.74) is 0.234. The summed E-state index contributed by atoms with van der Waals surface area (Å²) in [5.74, 6) is -1.60. The zero-order chi connectivity index (χ0) is 14.4. The lowest BCUT2D eigenvalue weighted by molar-refractivity contribution is -0.139. The lowest BCUT2D eigenvalue weighted by atomic mass is 10.2. The van der Waals surface area contributed by atoms with Crippen molar-refractivity contribution in [2.24, 2.45) is 0 Å². The molecule has 0 radical (unpaired) electrons. The molecule has 0 fully saturated rings. The number of carboxylic acids is 1. The SMILES string of the molecule is CCC[C@@H](NC(=O)Nc1cc(F)ccc1Br)C(=O)O. The average Bonchev–Trinajstić information content (AvgIpc) is 2.33. The van der Waals surface area contributed by atoms with Crippen molar-refractivity contribution < 1.29 is 19.1 Å². The predicted molar refractivity (Wildman–Crippen MR) is 72.6 cm³/mol. The number of carbonyl (C=O) groups excluding carboxylic acids is 1. The van der Waals surface area contributed by atoms with Crippen molar-refractivity contribution in [2.45, 2.75) is 25.8 Å². The highest BCUT2D eigenvalue weighted by Crippen LogP contribution is 2.22. The van der Waals surface area contributed by atoms with E-state index in [-0.39, 0.29) is 5.69 Å². The summed E-state index contributed by atoms with van der Waals surface area (Å²) in [5, 5.41) is 13.6. The third-order valence-electron chi connectivity index (χ3n) is 2.36. The maximum Gasteiger partial charge on any atom is 0.326 e. The molecule has 0 aromatic heterocycles. The van der Waals surface area contributed by atoms with Crippen molar-refractivity contribution >= 4 is 33.6 Å². The summed E-state index contributed by atoms with van der Waals surface area (Å²) in [7, 11) is 0. The summed E-state index contributed by atoms with van der Waals surface area (Å²) in [6.45, 7) is 1.82. The van der Waals surface area contributed by atoms with Gasteiger partial charge in [-0.3, -0.25) is 0 Å². The number of aliphatic carboxylic acids is 1. The number of carbonyl (C=O) groups is 2. The molecular weight excluding hydrogens is 319 g/mol. The standard InChI is InChI=1S/C12H14BrFN2O3/c1-2-3-9(11(17)18)15-12(19)16-10-6-7(14)4-5-8(10)13/h4-6,9H,2-3H2,1H3,(H,17,18)(H2,15,16,19)/t9-/m1/s1. The van der Waals surface area contributed by atoms with Crippen LogP contribution in [0.3, 0.4) is 0 Å². The third kappa shape index (κ3) is 4.86. The van der Waals surface area contributed by atoms with E-state index in [9.17, 15) is 14.0 Å². The van der Waals surface area contributed by atoms with Crippen LogP contribution in [0.4, 0.5) is 14.9 Å². The normalized spacial score (nSPS) is 11.7. The first-order valence-corrected chi connectivity index (χ1v) is 6.48. The highest BCUT2D eigenvalue weighted by Gasteiger charge is 2.19. The summed E-state index contributed by atoms with van der Waals surface area (Å²) >= 11 is 3.16. The fourth-order valence-electron chi connectivity index (χ4n) is 1.46. The molecule has 19 heavy (non-hydrogen) atoms. The zero-order valence-corrected chi connectivity index (χ0v) is 11.8. The van der Waals surface area contributed by atoms with Crippen molar-refractivity contribution in [3.05, 3.63) is 28.5 Å². The second-order valence-corrected chi connectivity index (χ2v) is 4.76. The van der Waals surface area contributed by atoms with Gasteiger partial charge in [0.1, 0.15) is 11.9 Å². The number of halogens is 2. The number of hydrogen-bond donors (Lipinski definition) is 3. The topological polar surface area (TPSA) is 78.4 Å². The van der Waals surface area contributed by atoms with Crippen molar-refractivity contribution in [3.63, 3.8) is 0 Å². The molecule has 0 saturated carbocycles. The minimum Gasteiger partial charge on any atom is -0.480 e. The number of carboxylic acid groups (broad SMARTS) is 1. The quantitative estimate of drug-likeness (QED) is 0.775. The van der Waals surface area contributed by atoms with Gasteiger partial charge in [0.25, 0.3) is 0 Å². The van der Waals surface area contributed by atoms with Gasteiger partial charge in [0, 0.05) is 4.47 Å². The molecule has 0 unspecified atom stereocenters. The maximum atomic E-state index is 13.0. The number of anilines is 1. The van der Waals surface area contributed by atoms with Gasteiger partial charge in [-0.2, -0.15) is 0 Å². The number of nitrogens with one attached hydrogen (secondary N) is 2. The van der Waals surface area contributed by atoms with Crippen LogP contribution in [0.5, 0.6) is 0 Å². The van der Waals surface area contributed by atoms with Crippen LogP contribution in [0, 0.1) is 5.82 Å². The molecule has 3 N–H and O–H groups in total. The van der Waals surface area contributed by atoms with Gasteiger partial charge in [-0.05, 0) is 40.5 Å². The number of urea groups is 1. The number of amides is 2. The van der Waals surface area contributed by atoms with Crippen molar-refractivity contribution in [1.29, 1.82) is 0 Å². The van der Waals surface area contributed by atoms with E-state index in [1.165, 1.54) is 12.1 Å². The summed E-state index contributed by atoms with van der Waals surface area (Å²) < 4.78 is 13.5. The van der Waals surface area contributed by atoms with Gasteiger partial charge in [-0.1, -0.05) is 13.3 Å². The van der Waals surface area contributed by atoms with E-state index in [1.54, 1.807) is 0 Å². The van der Waals surface area contributed by atoms with Crippen LogP contribution in [0.15, 0.2) is 22.7 Å². The molecule has 0 aliphatic heterocycles. The number of rotatable bonds is 5. The Hall–Kier alpha value is -1.63. The van der Waals surface area contributed by atoms with E-state index in [4.69, 9.17) is 5.11 Å². The Labute approximate surface area is 118 Å². The summed E-state index contributed by atoms with van der Waals surface area (Å²) in [6, 6.07) is 2.18. The van der Waals surface area contributed by atoms with Crippen molar-refractivity contribution in [3.8, 4) is 0 Å². The molecule has 1 aromatic rings. The molecule has 0 saturated heterocycles. The summed E-state index contributed by atoms with van der Waals surface area (Å²) in [4.78, 5) is 22.5. The monoisotopic (exact) mass is 332 g/mol. The molecule has 5 nitrogen and oxygen atoms in total. The van der Waals surface area contributed by atoms with Gasteiger partial charge in [0.2, 0.25) is 0 Å². The van der Waals surface area contributed by atoms with E-state index in [1.807, 2.05) is 6.92 Å².